The van der Waals surface area contributed by atoms with Crippen LogP contribution < -0.4 is 0 Å². The first-order chi connectivity index (χ1) is 15.5. The lowest BCUT2D eigenvalue weighted by Crippen LogP contribution is -2.39. The Morgan fingerprint density at radius 1 is 1.28 bits per heavy atom. The molecule has 0 unspecified atom stereocenters. The Kier molecular flexibility index (Phi) is 5.80. The minimum Gasteiger partial charge on any atom is -0.355 e. The molecule has 1 amide bonds. The van der Waals surface area contributed by atoms with Crippen LogP contribution in [0.3, 0.4) is 0 Å². The lowest BCUT2D eigenvalue weighted by molar-refractivity contribution is 0.0726. The van der Waals surface area contributed by atoms with Gasteiger partial charge in [0, 0.05) is 43.1 Å². The smallest absolute Gasteiger partial charge is 0.270 e. The molecule has 3 aromatic heterocycles. The van der Waals surface area contributed by atoms with Crippen LogP contribution in [0.25, 0.3) is 21.5 Å². The molecule has 0 N–H and O–H groups in total. The Morgan fingerprint density at radius 3 is 2.88 bits per heavy atom. The van der Waals surface area contributed by atoms with E-state index in [-0.39, 0.29) is 11.9 Å². The van der Waals surface area contributed by atoms with Crippen molar-refractivity contribution in [2.75, 3.05) is 26.7 Å². The van der Waals surface area contributed by atoms with Crippen LogP contribution in [0, 0.1) is 0 Å². The van der Waals surface area contributed by atoms with E-state index < -0.39 is 0 Å². The molecule has 0 bridgehead atoms. The summed E-state index contributed by atoms with van der Waals surface area (Å²) in [5.41, 5.74) is 2.45. The number of carbonyl (C=O) groups excluding carboxylic acids is 1. The van der Waals surface area contributed by atoms with Gasteiger partial charge >= 0.3 is 0 Å². The number of fused-ring (bicyclic) bond motifs is 1. The van der Waals surface area contributed by atoms with Gasteiger partial charge in [-0.1, -0.05) is 41.9 Å². The zero-order valence-electron chi connectivity index (χ0n) is 18.1. The van der Waals surface area contributed by atoms with Gasteiger partial charge in [-0.25, -0.2) is 0 Å². The molecule has 0 aliphatic carbocycles. The van der Waals surface area contributed by atoms with Crippen molar-refractivity contribution in [3.63, 3.8) is 0 Å². The number of hydrogen-bond donors (Lipinski definition) is 0. The van der Waals surface area contributed by atoms with Gasteiger partial charge < -0.3 is 18.9 Å². The number of amides is 1. The zero-order chi connectivity index (χ0) is 22.2. The summed E-state index contributed by atoms with van der Waals surface area (Å²) in [4.78, 5) is 18.8. The number of para-hydroxylation sites is 1. The van der Waals surface area contributed by atoms with Crippen molar-refractivity contribution in [2.24, 2.45) is 0 Å². The number of aromatic nitrogens is 2. The molecule has 166 valence electrons. The van der Waals surface area contributed by atoms with Gasteiger partial charge in [-0.3, -0.25) is 4.79 Å². The van der Waals surface area contributed by atoms with Gasteiger partial charge in [-0.15, -0.1) is 11.3 Å². The number of halogens is 1. The van der Waals surface area contributed by atoms with Crippen LogP contribution in [0.4, 0.5) is 0 Å². The molecule has 1 aromatic carbocycles. The van der Waals surface area contributed by atoms with Crippen LogP contribution in [0.2, 0.25) is 4.34 Å². The summed E-state index contributed by atoms with van der Waals surface area (Å²) >= 11 is 7.51. The average molecular weight is 469 g/mol. The van der Waals surface area contributed by atoms with Crippen molar-refractivity contribution >= 4 is 39.7 Å². The first kappa shape index (κ1) is 21.2. The molecular weight excluding hydrogens is 444 g/mol. The van der Waals surface area contributed by atoms with E-state index in [4.69, 9.17) is 16.1 Å². The van der Waals surface area contributed by atoms with Crippen LogP contribution in [-0.2, 0) is 6.54 Å². The SMILES string of the molecule is CCN1CC[C@@H](N(C)C(=O)c2cc3ccccc3n2Cc2cc(-c3ccc(Cl)s3)on2)C1. The minimum absolute atomic E-state index is 0.0397. The Balaban J connectivity index is 1.46. The molecule has 0 spiro atoms. The number of carbonyl (C=O) groups is 1. The highest BCUT2D eigenvalue weighted by Gasteiger charge is 2.30. The van der Waals surface area contributed by atoms with E-state index in [1.807, 2.05) is 65.0 Å². The van der Waals surface area contributed by atoms with Crippen LogP contribution in [-0.4, -0.2) is 58.2 Å². The summed E-state index contributed by atoms with van der Waals surface area (Å²) < 4.78 is 8.32. The van der Waals surface area contributed by atoms with Crippen molar-refractivity contribution < 1.29 is 9.32 Å². The standard InChI is InChI=1S/C24H25ClN4O2S/c1-3-28-11-10-18(15-28)27(2)24(30)20-12-16-6-4-5-7-19(16)29(20)14-17-13-21(31-26-17)22-8-9-23(25)32-22/h4-9,12-13,18H,3,10-11,14-15H2,1-2H3/t18-/m1/s1. The maximum absolute atomic E-state index is 13.6. The second-order valence-corrected chi connectivity index (χ2v) is 9.93. The second-order valence-electron chi connectivity index (χ2n) is 8.21. The highest BCUT2D eigenvalue weighted by atomic mass is 35.5. The number of likely N-dealkylation sites (tertiary alicyclic amines) is 1. The maximum Gasteiger partial charge on any atom is 0.270 e. The molecule has 5 rings (SSSR count). The van der Waals surface area contributed by atoms with Gasteiger partial charge in [0.1, 0.15) is 11.4 Å². The molecule has 1 saturated heterocycles. The van der Waals surface area contributed by atoms with E-state index in [9.17, 15) is 4.79 Å². The quantitative estimate of drug-likeness (QED) is 0.389. The number of nitrogens with zero attached hydrogens (tertiary/aromatic N) is 4. The number of rotatable bonds is 6. The number of thiophene rings is 1. The van der Waals surface area contributed by atoms with Gasteiger partial charge in [0.15, 0.2) is 5.76 Å². The normalized spacial score (nSPS) is 16.8. The van der Waals surface area contributed by atoms with Crippen LogP contribution in [0.1, 0.15) is 29.5 Å². The fraction of sp³-hybridized carbons (Fsp3) is 0.333. The van der Waals surface area contributed by atoms with Crippen LogP contribution in [0.5, 0.6) is 0 Å². The highest BCUT2D eigenvalue weighted by Crippen LogP contribution is 2.32. The largest absolute Gasteiger partial charge is 0.355 e. The van der Waals surface area contributed by atoms with E-state index in [0.29, 0.717) is 22.3 Å². The van der Waals surface area contributed by atoms with E-state index in [2.05, 4.69) is 17.0 Å². The topological polar surface area (TPSA) is 54.5 Å². The van der Waals surface area contributed by atoms with E-state index in [0.717, 1.165) is 47.5 Å². The van der Waals surface area contributed by atoms with Gasteiger partial charge in [0.05, 0.1) is 15.8 Å². The molecule has 1 atom stereocenters. The molecule has 0 saturated carbocycles. The zero-order valence-corrected chi connectivity index (χ0v) is 19.7. The first-order valence-electron chi connectivity index (χ1n) is 10.8. The van der Waals surface area contributed by atoms with Crippen molar-refractivity contribution in [1.82, 2.24) is 19.5 Å². The van der Waals surface area contributed by atoms with Gasteiger partial charge in [0.2, 0.25) is 0 Å². The van der Waals surface area contributed by atoms with Gasteiger partial charge in [-0.2, -0.15) is 0 Å². The number of likely N-dealkylation sites (N-methyl/N-ethyl adjacent to an activating group) is 2. The molecule has 1 aliphatic heterocycles. The summed E-state index contributed by atoms with van der Waals surface area (Å²) in [5.74, 6) is 0.724. The number of benzene rings is 1. The Hall–Kier alpha value is -2.61. The Bertz CT molecular complexity index is 1260. The first-order valence-corrected chi connectivity index (χ1v) is 12.0. The second kappa shape index (κ2) is 8.73. The van der Waals surface area contributed by atoms with Crippen molar-refractivity contribution in [1.29, 1.82) is 0 Å². The molecule has 32 heavy (non-hydrogen) atoms. The molecule has 0 radical (unpaired) electrons. The summed E-state index contributed by atoms with van der Waals surface area (Å²) in [7, 11) is 1.92. The molecule has 8 heteroatoms. The van der Waals surface area contributed by atoms with Crippen LogP contribution in [0.15, 0.2) is 53.1 Å². The average Bonchev–Trinajstić information content (AvgIpc) is 3.59. The van der Waals surface area contributed by atoms with E-state index in [1.54, 1.807) is 0 Å². The van der Waals surface area contributed by atoms with Crippen LogP contribution >= 0.6 is 22.9 Å². The summed E-state index contributed by atoms with van der Waals surface area (Å²) in [5, 5.41) is 5.30. The number of hydrogen-bond acceptors (Lipinski definition) is 5. The third-order valence-electron chi connectivity index (χ3n) is 6.29. The minimum atomic E-state index is 0.0397. The van der Waals surface area contributed by atoms with Gasteiger partial charge in [0.25, 0.3) is 5.91 Å². The van der Waals surface area contributed by atoms with E-state index >= 15 is 0 Å². The van der Waals surface area contributed by atoms with Crippen molar-refractivity contribution in [3.05, 3.63) is 64.3 Å². The fourth-order valence-electron chi connectivity index (χ4n) is 4.43. The summed E-state index contributed by atoms with van der Waals surface area (Å²) in [6.45, 7) is 5.60. The van der Waals surface area contributed by atoms with Gasteiger partial charge in [-0.05, 0) is 37.2 Å². The molecule has 6 nitrogen and oxygen atoms in total. The predicted molar refractivity (Wildman–Crippen MR) is 128 cm³/mol. The Morgan fingerprint density at radius 2 is 2.12 bits per heavy atom. The molecule has 1 fully saturated rings. The third-order valence-corrected chi connectivity index (χ3v) is 7.53. The maximum atomic E-state index is 13.6. The highest BCUT2D eigenvalue weighted by molar-refractivity contribution is 7.19. The molecule has 4 heterocycles. The van der Waals surface area contributed by atoms with Crippen molar-refractivity contribution in [3.8, 4) is 10.6 Å². The summed E-state index contributed by atoms with van der Waals surface area (Å²) in [6, 6.07) is 16.0. The Labute approximate surface area is 196 Å². The predicted octanol–water partition coefficient (Wildman–Crippen LogP) is 5.23. The lowest BCUT2D eigenvalue weighted by atomic mass is 10.2. The monoisotopic (exact) mass is 468 g/mol. The molecule has 1 aliphatic rings. The summed E-state index contributed by atoms with van der Waals surface area (Å²) in [6.07, 6.45) is 1.01. The molecule has 4 aromatic rings. The lowest BCUT2D eigenvalue weighted by Gasteiger charge is -2.25. The molecular formula is C24H25ClN4O2S. The van der Waals surface area contributed by atoms with E-state index in [1.165, 1.54) is 11.3 Å². The fourth-order valence-corrected chi connectivity index (χ4v) is 5.42. The van der Waals surface area contributed by atoms with Crippen molar-refractivity contribution in [2.45, 2.75) is 25.9 Å². The third kappa shape index (κ3) is 3.96.